The Hall–Kier alpha value is -0.870. The number of hydrogen-bond donors (Lipinski definition) is 2. The van der Waals surface area contributed by atoms with Gasteiger partial charge in [0.2, 0.25) is 0 Å². The summed E-state index contributed by atoms with van der Waals surface area (Å²) < 4.78 is 0.918. The van der Waals surface area contributed by atoms with Crippen molar-refractivity contribution in [3.8, 4) is 0 Å². The first-order valence-electron chi connectivity index (χ1n) is 5.23. The fourth-order valence-electron chi connectivity index (χ4n) is 2.13. The second-order valence-electron chi connectivity index (χ2n) is 4.27. The van der Waals surface area contributed by atoms with Gasteiger partial charge in [-0.1, -0.05) is 34.5 Å². The smallest absolute Gasteiger partial charge is 0.312 e. The number of carboxylic acids is 1. The van der Waals surface area contributed by atoms with Crippen molar-refractivity contribution in [3.05, 3.63) is 34.3 Å². The monoisotopic (exact) mass is 284 g/mol. The molecule has 1 aromatic rings. The van der Waals surface area contributed by atoms with Crippen molar-refractivity contribution in [3.63, 3.8) is 0 Å². The van der Waals surface area contributed by atoms with Crippen LogP contribution in [0.4, 0.5) is 0 Å². The molecule has 1 fully saturated rings. The summed E-state index contributed by atoms with van der Waals surface area (Å²) in [7, 11) is 0. The Labute approximate surface area is 102 Å². The molecular formula is C12H13BrO3. The molecule has 1 saturated carbocycles. The molecular weight excluding hydrogens is 272 g/mol. The van der Waals surface area contributed by atoms with Crippen LogP contribution < -0.4 is 0 Å². The normalized spacial score (nSPS) is 19.9. The fourth-order valence-corrected chi connectivity index (χ4v) is 2.39. The Morgan fingerprint density at radius 1 is 1.31 bits per heavy atom. The number of aliphatic hydroxyl groups excluding tert-OH is 1. The van der Waals surface area contributed by atoms with E-state index in [0.717, 1.165) is 10.9 Å². The Bertz CT molecular complexity index is 395. The van der Waals surface area contributed by atoms with Gasteiger partial charge in [0.25, 0.3) is 0 Å². The third-order valence-electron chi connectivity index (χ3n) is 3.38. The van der Waals surface area contributed by atoms with Gasteiger partial charge in [0.05, 0.1) is 11.5 Å². The van der Waals surface area contributed by atoms with Crippen LogP contribution in [0.3, 0.4) is 0 Å². The van der Waals surface area contributed by atoms with Gasteiger partial charge in [-0.15, -0.1) is 0 Å². The predicted octanol–water partition coefficient (Wildman–Crippen LogP) is 2.74. The number of carbonyl (C=O) groups is 1. The van der Waals surface area contributed by atoms with E-state index in [2.05, 4.69) is 15.9 Å². The molecule has 0 aromatic heterocycles. The lowest BCUT2D eigenvalue weighted by atomic mass is 9.63. The number of benzene rings is 1. The van der Waals surface area contributed by atoms with Crippen LogP contribution in [0.5, 0.6) is 0 Å². The molecule has 0 heterocycles. The highest BCUT2D eigenvalue weighted by Gasteiger charge is 2.50. The van der Waals surface area contributed by atoms with Gasteiger partial charge >= 0.3 is 5.97 Å². The molecule has 4 heteroatoms. The van der Waals surface area contributed by atoms with Crippen molar-refractivity contribution in [2.45, 2.75) is 25.4 Å². The summed E-state index contributed by atoms with van der Waals surface area (Å²) in [6.07, 6.45) is 1.07. The van der Waals surface area contributed by atoms with E-state index >= 15 is 0 Å². The van der Waals surface area contributed by atoms with E-state index in [1.807, 2.05) is 12.1 Å². The zero-order chi connectivity index (χ0) is 11.8. The summed E-state index contributed by atoms with van der Waals surface area (Å²) in [5.41, 5.74) is -0.293. The van der Waals surface area contributed by atoms with Crippen molar-refractivity contribution >= 4 is 21.9 Å². The average molecular weight is 285 g/mol. The van der Waals surface area contributed by atoms with Crippen LogP contribution in [0.15, 0.2) is 28.7 Å². The van der Waals surface area contributed by atoms with E-state index in [1.54, 1.807) is 12.1 Å². The Morgan fingerprint density at radius 2 is 1.88 bits per heavy atom. The first-order chi connectivity index (χ1) is 7.56. The molecule has 1 aliphatic rings. The standard InChI is InChI=1S/C12H13BrO3/c13-9-4-2-8(3-5-9)10(14)12(11(15)16)6-1-7-12/h2-5,10,14H,1,6-7H2,(H,15,16). The minimum absolute atomic E-state index is 0.555. The second-order valence-corrected chi connectivity index (χ2v) is 5.18. The van der Waals surface area contributed by atoms with Crippen molar-refractivity contribution < 1.29 is 15.0 Å². The van der Waals surface area contributed by atoms with E-state index in [1.165, 1.54) is 0 Å². The minimum atomic E-state index is -0.964. The molecule has 2 N–H and O–H groups in total. The first kappa shape index (κ1) is 11.6. The van der Waals surface area contributed by atoms with Gasteiger partial charge < -0.3 is 10.2 Å². The molecule has 0 amide bonds. The lowest BCUT2D eigenvalue weighted by molar-refractivity contribution is -0.166. The first-order valence-corrected chi connectivity index (χ1v) is 6.02. The summed E-state index contributed by atoms with van der Waals surface area (Å²) in [5, 5.41) is 19.4. The fraction of sp³-hybridized carbons (Fsp3) is 0.417. The summed E-state index contributed by atoms with van der Waals surface area (Å²) >= 11 is 3.31. The summed E-state index contributed by atoms with van der Waals surface area (Å²) in [6, 6.07) is 7.15. The highest BCUT2D eigenvalue weighted by molar-refractivity contribution is 9.10. The topological polar surface area (TPSA) is 57.5 Å². The third kappa shape index (κ3) is 1.76. The molecule has 1 atom stereocenters. The van der Waals surface area contributed by atoms with E-state index in [9.17, 15) is 15.0 Å². The Kier molecular flexibility index (Phi) is 3.04. The lowest BCUT2D eigenvalue weighted by Crippen LogP contribution is -2.43. The highest BCUT2D eigenvalue weighted by Crippen LogP contribution is 2.50. The Morgan fingerprint density at radius 3 is 2.25 bits per heavy atom. The van der Waals surface area contributed by atoms with Crippen molar-refractivity contribution in [2.75, 3.05) is 0 Å². The summed E-state index contributed by atoms with van der Waals surface area (Å²) in [6.45, 7) is 0. The lowest BCUT2D eigenvalue weighted by Gasteiger charge is -2.41. The van der Waals surface area contributed by atoms with Gasteiger partial charge in [0, 0.05) is 4.47 Å². The van der Waals surface area contributed by atoms with E-state index < -0.39 is 17.5 Å². The molecule has 0 radical (unpaired) electrons. The summed E-state index contributed by atoms with van der Waals surface area (Å²) in [5.74, 6) is -0.894. The van der Waals surface area contributed by atoms with Crippen molar-refractivity contribution in [1.82, 2.24) is 0 Å². The molecule has 1 aromatic carbocycles. The van der Waals surface area contributed by atoms with Crippen LogP contribution in [-0.4, -0.2) is 16.2 Å². The Balaban J connectivity index is 2.27. The molecule has 1 unspecified atom stereocenters. The molecule has 0 spiro atoms. The van der Waals surface area contributed by atoms with Crippen LogP contribution in [0.2, 0.25) is 0 Å². The van der Waals surface area contributed by atoms with Crippen LogP contribution in [0.1, 0.15) is 30.9 Å². The number of rotatable bonds is 3. The van der Waals surface area contributed by atoms with Crippen LogP contribution in [0, 0.1) is 5.41 Å². The quantitative estimate of drug-likeness (QED) is 0.897. The van der Waals surface area contributed by atoms with Crippen molar-refractivity contribution in [2.24, 2.45) is 5.41 Å². The molecule has 0 bridgehead atoms. The maximum atomic E-state index is 11.2. The highest BCUT2D eigenvalue weighted by atomic mass is 79.9. The summed E-state index contributed by atoms with van der Waals surface area (Å²) in [4.78, 5) is 11.2. The molecule has 2 rings (SSSR count). The van der Waals surface area contributed by atoms with Crippen LogP contribution in [-0.2, 0) is 4.79 Å². The zero-order valence-corrected chi connectivity index (χ0v) is 10.3. The zero-order valence-electron chi connectivity index (χ0n) is 8.69. The van der Waals surface area contributed by atoms with Gasteiger partial charge in [-0.25, -0.2) is 0 Å². The van der Waals surface area contributed by atoms with E-state index in [0.29, 0.717) is 18.4 Å². The van der Waals surface area contributed by atoms with Crippen molar-refractivity contribution in [1.29, 1.82) is 0 Å². The SMILES string of the molecule is O=C(O)C1(C(O)c2ccc(Br)cc2)CCC1. The molecule has 0 aliphatic heterocycles. The minimum Gasteiger partial charge on any atom is -0.481 e. The number of aliphatic carboxylic acids is 1. The maximum Gasteiger partial charge on any atom is 0.312 e. The number of hydrogen-bond acceptors (Lipinski definition) is 2. The molecule has 16 heavy (non-hydrogen) atoms. The molecule has 3 nitrogen and oxygen atoms in total. The largest absolute Gasteiger partial charge is 0.481 e. The van der Waals surface area contributed by atoms with Crippen LogP contribution >= 0.6 is 15.9 Å². The number of halogens is 1. The van der Waals surface area contributed by atoms with Gasteiger partial charge in [-0.3, -0.25) is 4.79 Å². The van der Waals surface area contributed by atoms with Gasteiger partial charge in [0.1, 0.15) is 0 Å². The molecule has 1 aliphatic carbocycles. The maximum absolute atomic E-state index is 11.2. The van der Waals surface area contributed by atoms with Gasteiger partial charge in [0.15, 0.2) is 0 Å². The van der Waals surface area contributed by atoms with Crippen LogP contribution in [0.25, 0.3) is 0 Å². The molecule has 86 valence electrons. The number of aliphatic hydroxyl groups is 1. The van der Waals surface area contributed by atoms with Gasteiger partial charge in [-0.05, 0) is 30.5 Å². The van der Waals surface area contributed by atoms with E-state index in [4.69, 9.17) is 0 Å². The number of carboxylic acid groups (broad SMARTS) is 1. The van der Waals surface area contributed by atoms with Gasteiger partial charge in [-0.2, -0.15) is 0 Å². The molecule has 0 saturated heterocycles. The predicted molar refractivity (Wildman–Crippen MR) is 63.0 cm³/mol. The third-order valence-corrected chi connectivity index (χ3v) is 3.91. The second kappa shape index (κ2) is 4.18. The average Bonchev–Trinajstić information content (AvgIpc) is 2.16. The van der Waals surface area contributed by atoms with E-state index in [-0.39, 0.29) is 0 Å².